The van der Waals surface area contributed by atoms with E-state index in [0.29, 0.717) is 0 Å². The van der Waals surface area contributed by atoms with Crippen molar-refractivity contribution < 1.29 is 0 Å². The summed E-state index contributed by atoms with van der Waals surface area (Å²) in [6.07, 6.45) is 4.06. The molecular weight excluding hydrogens is 256 g/mol. The van der Waals surface area contributed by atoms with E-state index in [0.717, 1.165) is 5.92 Å². The predicted molar refractivity (Wildman–Crippen MR) is 88.1 cm³/mol. The van der Waals surface area contributed by atoms with Crippen LogP contribution in [0.15, 0.2) is 42.5 Å². The summed E-state index contributed by atoms with van der Waals surface area (Å²) in [5.41, 5.74) is 9.56. The second-order valence-corrected chi connectivity index (χ2v) is 6.18. The summed E-state index contributed by atoms with van der Waals surface area (Å²) >= 11 is 0. The summed E-state index contributed by atoms with van der Waals surface area (Å²) in [4.78, 5) is 0. The summed E-state index contributed by atoms with van der Waals surface area (Å²) in [5, 5.41) is 0. The third-order valence-corrected chi connectivity index (χ3v) is 4.97. The first-order chi connectivity index (χ1) is 10.2. The lowest BCUT2D eigenvalue weighted by Gasteiger charge is -2.26. The Morgan fingerprint density at radius 3 is 2.33 bits per heavy atom. The maximum atomic E-state index is 5.84. The zero-order valence-electron chi connectivity index (χ0n) is 12.9. The summed E-state index contributed by atoms with van der Waals surface area (Å²) < 4.78 is 0. The minimum Gasteiger partial charge on any atom is -0.271 e. The van der Waals surface area contributed by atoms with Crippen molar-refractivity contribution >= 4 is 0 Å². The van der Waals surface area contributed by atoms with Gasteiger partial charge in [0, 0.05) is 0 Å². The summed E-state index contributed by atoms with van der Waals surface area (Å²) in [6.45, 7) is 4.31. The molecule has 110 valence electrons. The first-order valence-electron chi connectivity index (χ1n) is 7.83. The third-order valence-electron chi connectivity index (χ3n) is 4.97. The molecule has 1 fully saturated rings. The number of nitrogens with two attached hydrogens (primary N) is 1. The van der Waals surface area contributed by atoms with Crippen LogP contribution < -0.4 is 11.3 Å². The molecule has 2 aromatic rings. The predicted octanol–water partition coefficient (Wildman–Crippen LogP) is 4.12. The minimum atomic E-state index is 0.0559. The Morgan fingerprint density at radius 1 is 1.05 bits per heavy atom. The van der Waals surface area contributed by atoms with Crippen LogP contribution in [0.4, 0.5) is 0 Å². The molecule has 0 saturated heterocycles. The first kappa shape index (κ1) is 14.3. The van der Waals surface area contributed by atoms with Crippen LogP contribution in [-0.4, -0.2) is 0 Å². The molecule has 0 aromatic heterocycles. The van der Waals surface area contributed by atoms with Gasteiger partial charge in [0.2, 0.25) is 0 Å². The zero-order chi connectivity index (χ0) is 14.8. The van der Waals surface area contributed by atoms with E-state index in [9.17, 15) is 0 Å². The van der Waals surface area contributed by atoms with E-state index in [2.05, 4.69) is 61.7 Å². The van der Waals surface area contributed by atoms with Crippen molar-refractivity contribution in [3.05, 3.63) is 70.3 Å². The van der Waals surface area contributed by atoms with E-state index in [1.807, 2.05) is 0 Å². The molecule has 0 radical (unpaired) electrons. The van der Waals surface area contributed by atoms with Crippen LogP contribution >= 0.6 is 0 Å². The van der Waals surface area contributed by atoms with Gasteiger partial charge in [-0.2, -0.15) is 0 Å². The molecule has 2 heteroatoms. The normalized spacial score (nSPS) is 16.5. The molecule has 3 N–H and O–H groups in total. The van der Waals surface area contributed by atoms with Gasteiger partial charge in [0.15, 0.2) is 0 Å². The largest absolute Gasteiger partial charge is 0.271 e. The lowest BCUT2D eigenvalue weighted by Crippen LogP contribution is -2.29. The number of hydrazine groups is 1. The fourth-order valence-corrected chi connectivity index (χ4v) is 3.15. The zero-order valence-corrected chi connectivity index (χ0v) is 12.9. The molecular formula is C19H24N2. The van der Waals surface area contributed by atoms with Crippen LogP contribution in [0.1, 0.15) is 59.0 Å². The number of nitrogens with one attached hydrogen (secondary N) is 1. The molecule has 3 rings (SSSR count). The van der Waals surface area contributed by atoms with Crippen molar-refractivity contribution in [1.29, 1.82) is 0 Å². The van der Waals surface area contributed by atoms with Gasteiger partial charge < -0.3 is 0 Å². The Balaban J connectivity index is 1.90. The fourth-order valence-electron chi connectivity index (χ4n) is 3.15. The SMILES string of the molecule is Cc1cccc(C(NN)c2ccc(C3CCC3)cc2)c1C. The molecule has 1 aliphatic carbocycles. The van der Waals surface area contributed by atoms with Gasteiger partial charge in [0.05, 0.1) is 6.04 Å². The average Bonchev–Trinajstić information content (AvgIpc) is 2.44. The Labute approximate surface area is 127 Å². The van der Waals surface area contributed by atoms with E-state index in [4.69, 9.17) is 5.84 Å². The van der Waals surface area contributed by atoms with Gasteiger partial charge in [-0.1, -0.05) is 48.9 Å². The van der Waals surface area contributed by atoms with Crippen molar-refractivity contribution in [2.45, 2.75) is 45.1 Å². The fraction of sp³-hybridized carbons (Fsp3) is 0.368. The summed E-state index contributed by atoms with van der Waals surface area (Å²) in [7, 11) is 0. The molecule has 0 aliphatic heterocycles. The van der Waals surface area contributed by atoms with E-state index in [-0.39, 0.29) is 6.04 Å². The van der Waals surface area contributed by atoms with Crippen LogP contribution in [0.2, 0.25) is 0 Å². The highest BCUT2D eigenvalue weighted by molar-refractivity contribution is 5.41. The first-order valence-corrected chi connectivity index (χ1v) is 7.83. The van der Waals surface area contributed by atoms with Crippen LogP contribution in [-0.2, 0) is 0 Å². The Morgan fingerprint density at radius 2 is 1.76 bits per heavy atom. The smallest absolute Gasteiger partial charge is 0.0712 e. The Hall–Kier alpha value is -1.64. The van der Waals surface area contributed by atoms with Crippen LogP contribution in [0.5, 0.6) is 0 Å². The lowest BCUT2D eigenvalue weighted by atomic mass is 9.79. The van der Waals surface area contributed by atoms with E-state index >= 15 is 0 Å². The molecule has 0 bridgehead atoms. The van der Waals surface area contributed by atoms with Crippen molar-refractivity contribution in [3.8, 4) is 0 Å². The molecule has 21 heavy (non-hydrogen) atoms. The molecule has 1 atom stereocenters. The third kappa shape index (κ3) is 2.74. The maximum Gasteiger partial charge on any atom is 0.0712 e. The minimum absolute atomic E-state index is 0.0559. The van der Waals surface area contributed by atoms with E-state index in [1.54, 1.807) is 0 Å². The second-order valence-electron chi connectivity index (χ2n) is 6.18. The average molecular weight is 280 g/mol. The molecule has 0 amide bonds. The summed E-state index contributed by atoms with van der Waals surface area (Å²) in [6, 6.07) is 15.5. The number of rotatable bonds is 4. The van der Waals surface area contributed by atoms with Crippen molar-refractivity contribution in [3.63, 3.8) is 0 Å². The monoisotopic (exact) mass is 280 g/mol. The van der Waals surface area contributed by atoms with Crippen LogP contribution in [0.3, 0.4) is 0 Å². The lowest BCUT2D eigenvalue weighted by molar-refractivity contribution is 0.419. The number of benzene rings is 2. The number of aryl methyl sites for hydroxylation is 1. The van der Waals surface area contributed by atoms with Gasteiger partial charge in [-0.15, -0.1) is 0 Å². The van der Waals surface area contributed by atoms with Crippen LogP contribution in [0, 0.1) is 13.8 Å². The molecule has 2 nitrogen and oxygen atoms in total. The Kier molecular flexibility index (Phi) is 4.09. The van der Waals surface area contributed by atoms with Crippen molar-refractivity contribution in [2.24, 2.45) is 5.84 Å². The highest BCUT2D eigenvalue weighted by Crippen LogP contribution is 2.37. The molecule has 1 saturated carbocycles. The molecule has 1 unspecified atom stereocenters. The molecule has 0 spiro atoms. The highest BCUT2D eigenvalue weighted by atomic mass is 15.2. The topological polar surface area (TPSA) is 38.0 Å². The van der Waals surface area contributed by atoms with Gasteiger partial charge >= 0.3 is 0 Å². The van der Waals surface area contributed by atoms with Gasteiger partial charge in [0.1, 0.15) is 0 Å². The standard InChI is InChI=1S/C19H24N2/c1-13-5-3-8-18(14(13)2)19(21-20)17-11-9-16(10-12-17)15-6-4-7-15/h3,5,8-12,15,19,21H,4,6-7,20H2,1-2H3. The van der Waals surface area contributed by atoms with Crippen molar-refractivity contribution in [1.82, 2.24) is 5.43 Å². The number of hydrogen-bond acceptors (Lipinski definition) is 2. The van der Waals surface area contributed by atoms with Gasteiger partial charge in [-0.05, 0) is 60.4 Å². The van der Waals surface area contributed by atoms with E-state index < -0.39 is 0 Å². The quantitative estimate of drug-likeness (QED) is 0.653. The van der Waals surface area contributed by atoms with Gasteiger partial charge in [-0.25, -0.2) is 5.43 Å². The summed E-state index contributed by atoms with van der Waals surface area (Å²) in [5.74, 6) is 6.62. The second kappa shape index (κ2) is 6.00. The van der Waals surface area contributed by atoms with Gasteiger partial charge in [0.25, 0.3) is 0 Å². The maximum absolute atomic E-state index is 5.84. The highest BCUT2D eigenvalue weighted by Gasteiger charge is 2.20. The van der Waals surface area contributed by atoms with Crippen LogP contribution in [0.25, 0.3) is 0 Å². The Bertz CT molecular complexity index is 612. The van der Waals surface area contributed by atoms with Gasteiger partial charge in [-0.3, -0.25) is 5.84 Å². The molecule has 1 aliphatic rings. The van der Waals surface area contributed by atoms with Crippen molar-refractivity contribution in [2.75, 3.05) is 0 Å². The number of hydrogen-bond donors (Lipinski definition) is 2. The van der Waals surface area contributed by atoms with E-state index in [1.165, 1.54) is 47.1 Å². The molecule has 2 aromatic carbocycles. The molecule has 0 heterocycles.